The molecule has 2 heterocycles. The first-order chi connectivity index (χ1) is 15.3. The van der Waals surface area contributed by atoms with Crippen molar-refractivity contribution < 1.29 is 27.1 Å². The molecule has 0 spiro atoms. The zero-order valence-electron chi connectivity index (χ0n) is 17.9. The highest BCUT2D eigenvalue weighted by Crippen LogP contribution is 2.33. The van der Waals surface area contributed by atoms with E-state index in [0.717, 1.165) is 5.56 Å². The summed E-state index contributed by atoms with van der Waals surface area (Å²) in [6, 6.07) is 10.9. The molecule has 0 bridgehead atoms. The van der Waals surface area contributed by atoms with E-state index in [0.29, 0.717) is 56.2 Å². The van der Waals surface area contributed by atoms with Gasteiger partial charge in [0.2, 0.25) is 15.9 Å². The molecule has 2 aromatic carbocycles. The number of carbonyl (C=O) groups excluding carboxylic acids is 1. The van der Waals surface area contributed by atoms with Gasteiger partial charge in [0.15, 0.2) is 11.5 Å². The van der Waals surface area contributed by atoms with Crippen LogP contribution in [0.25, 0.3) is 0 Å². The number of hydrogen-bond donors (Lipinski definition) is 1. The first-order valence-electron chi connectivity index (χ1n) is 10.7. The Morgan fingerprint density at radius 3 is 2.44 bits per heavy atom. The molecule has 1 N–H and O–H groups in total. The van der Waals surface area contributed by atoms with Crippen molar-refractivity contribution in [3.63, 3.8) is 0 Å². The van der Waals surface area contributed by atoms with Crippen molar-refractivity contribution in [3.8, 4) is 11.5 Å². The molecule has 1 unspecified atom stereocenters. The first-order valence-corrected chi connectivity index (χ1v) is 12.3. The van der Waals surface area contributed by atoms with E-state index in [1.54, 1.807) is 0 Å². The average molecular weight is 463 g/mol. The second-order valence-corrected chi connectivity index (χ2v) is 10.2. The molecule has 0 radical (unpaired) electrons. The minimum absolute atomic E-state index is 0.0806. The van der Waals surface area contributed by atoms with Crippen LogP contribution >= 0.6 is 0 Å². The largest absolute Gasteiger partial charge is 0.486 e. The average Bonchev–Trinajstić information content (AvgIpc) is 2.80. The van der Waals surface area contributed by atoms with Crippen molar-refractivity contribution in [3.05, 3.63) is 59.4 Å². The van der Waals surface area contributed by atoms with Gasteiger partial charge >= 0.3 is 0 Å². The molecular weight excluding hydrogens is 435 g/mol. The van der Waals surface area contributed by atoms with E-state index in [-0.39, 0.29) is 23.6 Å². The standard InChI is InChI=1S/C23H27FN2O5S/c1-16(19-4-7-21-22(14-19)31-13-12-30-21)25-23(27)18-8-10-26(11-9-18)32(28,29)15-17-2-5-20(24)6-3-17/h2-7,14,16,18H,8-13,15H2,1H3,(H,25,27). The van der Waals surface area contributed by atoms with Crippen molar-refractivity contribution >= 4 is 15.9 Å². The van der Waals surface area contributed by atoms with Crippen LogP contribution < -0.4 is 14.8 Å². The Bertz CT molecular complexity index is 1070. The number of ether oxygens (including phenoxy) is 2. The van der Waals surface area contributed by atoms with Crippen molar-refractivity contribution in [1.29, 1.82) is 0 Å². The van der Waals surface area contributed by atoms with Gasteiger partial charge in [-0.15, -0.1) is 0 Å². The lowest BCUT2D eigenvalue weighted by Crippen LogP contribution is -2.43. The summed E-state index contributed by atoms with van der Waals surface area (Å²) in [5, 5.41) is 3.03. The maximum Gasteiger partial charge on any atom is 0.223 e. The van der Waals surface area contributed by atoms with Gasteiger partial charge < -0.3 is 14.8 Å². The van der Waals surface area contributed by atoms with Crippen LogP contribution in [0.3, 0.4) is 0 Å². The zero-order valence-corrected chi connectivity index (χ0v) is 18.7. The zero-order chi connectivity index (χ0) is 22.7. The predicted molar refractivity (Wildman–Crippen MR) is 117 cm³/mol. The maximum atomic E-state index is 13.1. The van der Waals surface area contributed by atoms with Gasteiger partial charge in [-0.2, -0.15) is 0 Å². The third kappa shape index (κ3) is 5.21. The second-order valence-electron chi connectivity index (χ2n) is 8.19. The Morgan fingerprint density at radius 1 is 1.09 bits per heavy atom. The minimum atomic E-state index is -3.52. The van der Waals surface area contributed by atoms with Gasteiger partial charge in [-0.05, 0) is 55.2 Å². The highest BCUT2D eigenvalue weighted by atomic mass is 32.2. The Morgan fingerprint density at radius 2 is 1.75 bits per heavy atom. The SMILES string of the molecule is CC(NC(=O)C1CCN(S(=O)(=O)Cc2ccc(F)cc2)CC1)c1ccc2c(c1)OCCO2. The molecule has 1 amide bonds. The summed E-state index contributed by atoms with van der Waals surface area (Å²) in [6.45, 7) is 3.52. The molecule has 2 aliphatic rings. The molecule has 32 heavy (non-hydrogen) atoms. The summed E-state index contributed by atoms with van der Waals surface area (Å²) >= 11 is 0. The third-order valence-corrected chi connectivity index (χ3v) is 7.76. The van der Waals surface area contributed by atoms with Crippen LogP contribution in [0.4, 0.5) is 4.39 Å². The van der Waals surface area contributed by atoms with E-state index >= 15 is 0 Å². The third-order valence-electron chi connectivity index (χ3n) is 5.91. The summed E-state index contributed by atoms with van der Waals surface area (Å²) in [5.41, 5.74) is 1.46. The van der Waals surface area contributed by atoms with Gasteiger partial charge in [0.05, 0.1) is 11.8 Å². The van der Waals surface area contributed by atoms with Gasteiger partial charge in [0, 0.05) is 19.0 Å². The fourth-order valence-corrected chi connectivity index (χ4v) is 5.59. The van der Waals surface area contributed by atoms with Crippen molar-refractivity contribution in [2.24, 2.45) is 5.92 Å². The van der Waals surface area contributed by atoms with Crippen LogP contribution in [0.1, 0.15) is 36.9 Å². The molecule has 1 atom stereocenters. The number of fused-ring (bicyclic) bond motifs is 1. The normalized spacial score (nSPS) is 18.2. The number of rotatable bonds is 6. The molecule has 172 valence electrons. The molecule has 0 aromatic heterocycles. The minimum Gasteiger partial charge on any atom is -0.486 e. The van der Waals surface area contributed by atoms with Crippen LogP contribution in [-0.2, 0) is 20.6 Å². The van der Waals surface area contributed by atoms with Crippen LogP contribution in [0.5, 0.6) is 11.5 Å². The molecule has 9 heteroatoms. The van der Waals surface area contributed by atoms with Crippen molar-refractivity contribution in [1.82, 2.24) is 9.62 Å². The number of nitrogens with one attached hydrogen (secondary N) is 1. The quantitative estimate of drug-likeness (QED) is 0.713. The highest BCUT2D eigenvalue weighted by Gasteiger charge is 2.31. The molecular formula is C23H27FN2O5S. The van der Waals surface area contributed by atoms with Crippen LogP contribution in [-0.4, -0.2) is 44.9 Å². The molecule has 1 saturated heterocycles. The Hall–Kier alpha value is -2.65. The number of sulfonamides is 1. The molecule has 0 saturated carbocycles. The number of nitrogens with zero attached hydrogens (tertiary/aromatic N) is 1. The molecule has 1 fully saturated rings. The summed E-state index contributed by atoms with van der Waals surface area (Å²) in [5.74, 6) is 0.478. The highest BCUT2D eigenvalue weighted by molar-refractivity contribution is 7.88. The first kappa shape index (κ1) is 22.5. The fraction of sp³-hybridized carbons (Fsp3) is 0.435. The van der Waals surface area contributed by atoms with E-state index in [9.17, 15) is 17.6 Å². The smallest absolute Gasteiger partial charge is 0.223 e. The predicted octanol–water partition coefficient (Wildman–Crippen LogP) is 3.02. The monoisotopic (exact) mass is 462 g/mol. The molecule has 4 rings (SSSR count). The fourth-order valence-electron chi connectivity index (χ4n) is 4.02. The second kappa shape index (κ2) is 9.46. The molecule has 2 aliphatic heterocycles. The van der Waals surface area contributed by atoms with E-state index < -0.39 is 15.8 Å². The van der Waals surface area contributed by atoms with Gasteiger partial charge in [-0.3, -0.25) is 4.79 Å². The Balaban J connectivity index is 1.30. The van der Waals surface area contributed by atoms with Gasteiger partial charge in [-0.25, -0.2) is 17.1 Å². The lowest BCUT2D eigenvalue weighted by Gasteiger charge is -2.31. The molecule has 0 aliphatic carbocycles. The van der Waals surface area contributed by atoms with Crippen LogP contribution in [0.15, 0.2) is 42.5 Å². The van der Waals surface area contributed by atoms with Gasteiger partial charge in [0.1, 0.15) is 19.0 Å². The Kier molecular flexibility index (Phi) is 6.66. The number of piperidine rings is 1. The molecule has 2 aromatic rings. The van der Waals surface area contributed by atoms with E-state index in [4.69, 9.17) is 9.47 Å². The maximum absolute atomic E-state index is 13.1. The van der Waals surface area contributed by atoms with E-state index in [1.165, 1.54) is 28.6 Å². The summed E-state index contributed by atoms with van der Waals surface area (Å²) in [4.78, 5) is 12.8. The number of hydrogen-bond acceptors (Lipinski definition) is 5. The molecule has 7 nitrogen and oxygen atoms in total. The lowest BCUT2D eigenvalue weighted by atomic mass is 9.96. The van der Waals surface area contributed by atoms with Gasteiger partial charge in [-0.1, -0.05) is 18.2 Å². The summed E-state index contributed by atoms with van der Waals surface area (Å²) in [6.07, 6.45) is 0.921. The summed E-state index contributed by atoms with van der Waals surface area (Å²) in [7, 11) is -3.52. The topological polar surface area (TPSA) is 84.9 Å². The number of benzene rings is 2. The summed E-state index contributed by atoms with van der Waals surface area (Å²) < 4.78 is 51.0. The number of halogens is 1. The van der Waals surface area contributed by atoms with Gasteiger partial charge in [0.25, 0.3) is 0 Å². The lowest BCUT2D eigenvalue weighted by molar-refractivity contribution is -0.126. The number of amides is 1. The van der Waals surface area contributed by atoms with Crippen LogP contribution in [0, 0.1) is 11.7 Å². The van der Waals surface area contributed by atoms with Crippen LogP contribution in [0.2, 0.25) is 0 Å². The number of carbonyl (C=O) groups is 1. The van der Waals surface area contributed by atoms with Crippen molar-refractivity contribution in [2.75, 3.05) is 26.3 Å². The van der Waals surface area contributed by atoms with Crippen molar-refractivity contribution in [2.45, 2.75) is 31.6 Å². The van der Waals surface area contributed by atoms with E-state index in [1.807, 2.05) is 25.1 Å². The Labute approximate surface area is 187 Å². The van der Waals surface area contributed by atoms with E-state index in [2.05, 4.69) is 5.32 Å².